The molecule has 19 heavy (non-hydrogen) atoms. The van der Waals surface area contributed by atoms with Crippen molar-refractivity contribution in [3.8, 4) is 0 Å². The average Bonchev–Trinajstić information content (AvgIpc) is 2.80. The third-order valence-electron chi connectivity index (χ3n) is 5.01. The first-order valence-electron chi connectivity index (χ1n) is 7.50. The maximum absolute atomic E-state index is 6.72. The second-order valence-corrected chi connectivity index (χ2v) is 6.68. The van der Waals surface area contributed by atoms with Crippen molar-refractivity contribution in [3.05, 3.63) is 47.0 Å². The summed E-state index contributed by atoms with van der Waals surface area (Å²) in [5.41, 5.74) is 4.39. The zero-order valence-corrected chi connectivity index (χ0v) is 11.9. The lowest BCUT2D eigenvalue weighted by atomic mass is 9.80. The monoisotopic (exact) mass is 270 g/mol. The van der Waals surface area contributed by atoms with Crippen LogP contribution in [-0.4, -0.2) is 0 Å². The molecule has 0 spiro atoms. The highest BCUT2D eigenvalue weighted by Gasteiger charge is 2.24. The molecule has 1 saturated carbocycles. The summed E-state index contributed by atoms with van der Waals surface area (Å²) in [6.45, 7) is 0. The second kappa shape index (κ2) is 4.52. The molecular weight excluding hydrogens is 252 g/mol. The molecule has 0 saturated heterocycles. The minimum absolute atomic E-state index is 0.190. The lowest BCUT2D eigenvalue weighted by Crippen LogP contribution is -2.13. The molecule has 0 amide bonds. The Labute approximate surface area is 119 Å². The van der Waals surface area contributed by atoms with Gasteiger partial charge in [-0.2, -0.15) is 0 Å². The second-order valence-electron chi connectivity index (χ2n) is 6.15. The SMILES string of the molecule is ClC(CC1CCC1)c1ccc2c3c(cccc13)CC2. The van der Waals surface area contributed by atoms with Gasteiger partial charge in [0, 0.05) is 0 Å². The van der Waals surface area contributed by atoms with Crippen LogP contribution in [0, 0.1) is 5.92 Å². The molecule has 2 aliphatic rings. The van der Waals surface area contributed by atoms with Gasteiger partial charge in [-0.25, -0.2) is 0 Å². The molecule has 1 fully saturated rings. The smallest absolute Gasteiger partial charge is 0.0594 e. The highest BCUT2D eigenvalue weighted by atomic mass is 35.5. The number of benzene rings is 2. The van der Waals surface area contributed by atoms with E-state index in [9.17, 15) is 0 Å². The number of hydrogen-bond acceptors (Lipinski definition) is 0. The van der Waals surface area contributed by atoms with Crippen molar-refractivity contribution in [2.75, 3.05) is 0 Å². The zero-order valence-electron chi connectivity index (χ0n) is 11.2. The number of rotatable bonds is 3. The van der Waals surface area contributed by atoms with Crippen LogP contribution < -0.4 is 0 Å². The Balaban J connectivity index is 1.77. The molecule has 0 radical (unpaired) electrons. The van der Waals surface area contributed by atoms with Crippen molar-refractivity contribution in [2.24, 2.45) is 5.92 Å². The van der Waals surface area contributed by atoms with Gasteiger partial charge in [0.15, 0.2) is 0 Å². The lowest BCUT2D eigenvalue weighted by molar-refractivity contribution is 0.293. The molecule has 0 N–H and O–H groups in total. The largest absolute Gasteiger partial charge is 0.118 e. The van der Waals surface area contributed by atoms with E-state index in [1.807, 2.05) is 0 Å². The van der Waals surface area contributed by atoms with E-state index in [1.54, 1.807) is 0 Å². The number of halogens is 1. The Kier molecular flexibility index (Phi) is 2.81. The molecule has 1 unspecified atom stereocenters. The minimum atomic E-state index is 0.190. The van der Waals surface area contributed by atoms with Gasteiger partial charge in [0.1, 0.15) is 0 Å². The summed E-state index contributed by atoms with van der Waals surface area (Å²) >= 11 is 6.72. The van der Waals surface area contributed by atoms with Crippen LogP contribution in [0.2, 0.25) is 0 Å². The molecule has 0 aromatic heterocycles. The van der Waals surface area contributed by atoms with Gasteiger partial charge in [-0.3, -0.25) is 0 Å². The Morgan fingerprint density at radius 3 is 2.58 bits per heavy atom. The van der Waals surface area contributed by atoms with Gasteiger partial charge in [-0.15, -0.1) is 11.6 Å². The Morgan fingerprint density at radius 1 is 1.05 bits per heavy atom. The molecule has 0 aliphatic heterocycles. The first kappa shape index (κ1) is 11.8. The highest BCUT2D eigenvalue weighted by Crippen LogP contribution is 2.42. The maximum Gasteiger partial charge on any atom is 0.0594 e. The molecule has 0 heterocycles. The van der Waals surface area contributed by atoms with Crippen molar-refractivity contribution in [1.29, 1.82) is 0 Å². The van der Waals surface area contributed by atoms with Gasteiger partial charge in [-0.1, -0.05) is 49.6 Å². The summed E-state index contributed by atoms with van der Waals surface area (Å²) in [5.74, 6) is 0.866. The first-order valence-corrected chi connectivity index (χ1v) is 7.94. The van der Waals surface area contributed by atoms with Crippen LogP contribution in [-0.2, 0) is 12.8 Å². The molecule has 98 valence electrons. The summed E-state index contributed by atoms with van der Waals surface area (Å²) in [7, 11) is 0. The molecular formula is C18H19Cl. The van der Waals surface area contributed by atoms with E-state index in [-0.39, 0.29) is 5.38 Å². The topological polar surface area (TPSA) is 0 Å². The molecule has 2 aromatic rings. The van der Waals surface area contributed by atoms with Gasteiger partial charge < -0.3 is 0 Å². The van der Waals surface area contributed by atoms with Crippen molar-refractivity contribution < 1.29 is 0 Å². The first-order chi connectivity index (χ1) is 9.33. The molecule has 2 aromatic carbocycles. The predicted octanol–water partition coefficient (Wildman–Crippen LogP) is 5.41. The van der Waals surface area contributed by atoms with E-state index in [0.29, 0.717) is 0 Å². The molecule has 1 heteroatoms. The fourth-order valence-corrected chi connectivity index (χ4v) is 4.13. The summed E-state index contributed by atoms with van der Waals surface area (Å²) < 4.78 is 0. The van der Waals surface area contributed by atoms with Gasteiger partial charge in [0.2, 0.25) is 0 Å². The summed E-state index contributed by atoms with van der Waals surface area (Å²) in [5, 5.41) is 3.10. The summed E-state index contributed by atoms with van der Waals surface area (Å²) in [4.78, 5) is 0. The Hall–Kier alpha value is -1.01. The molecule has 1 atom stereocenters. The number of alkyl halides is 1. The highest BCUT2D eigenvalue weighted by molar-refractivity contribution is 6.22. The molecule has 4 rings (SSSR count). The number of hydrogen-bond donors (Lipinski definition) is 0. The minimum Gasteiger partial charge on any atom is -0.118 e. The zero-order chi connectivity index (χ0) is 12.8. The Morgan fingerprint density at radius 2 is 1.84 bits per heavy atom. The molecule has 0 nitrogen and oxygen atoms in total. The van der Waals surface area contributed by atoms with Crippen molar-refractivity contribution in [3.63, 3.8) is 0 Å². The van der Waals surface area contributed by atoms with E-state index in [2.05, 4.69) is 30.3 Å². The third kappa shape index (κ3) is 1.89. The Bertz CT molecular complexity index is 615. The maximum atomic E-state index is 6.72. The lowest BCUT2D eigenvalue weighted by Gasteiger charge is -2.28. The molecule has 2 aliphatic carbocycles. The van der Waals surface area contributed by atoms with Crippen LogP contribution in [0.5, 0.6) is 0 Å². The van der Waals surface area contributed by atoms with E-state index in [0.717, 1.165) is 12.3 Å². The number of aryl methyl sites for hydroxylation is 2. The van der Waals surface area contributed by atoms with Crippen LogP contribution in [0.3, 0.4) is 0 Å². The standard InChI is InChI=1S/C18H19Cl/c19-17(11-12-3-1-4-12)15-10-9-14-8-7-13-5-2-6-16(15)18(13)14/h2,5-6,9-10,12,17H,1,3-4,7-8,11H2. The quantitative estimate of drug-likeness (QED) is 0.654. The third-order valence-corrected chi connectivity index (χ3v) is 5.43. The van der Waals surface area contributed by atoms with Crippen molar-refractivity contribution in [1.82, 2.24) is 0 Å². The summed E-state index contributed by atoms with van der Waals surface area (Å²) in [6, 6.07) is 11.3. The fraction of sp³-hybridized carbons (Fsp3) is 0.444. The van der Waals surface area contributed by atoms with E-state index in [1.165, 1.54) is 59.6 Å². The van der Waals surface area contributed by atoms with Crippen LogP contribution in [0.1, 0.15) is 47.8 Å². The van der Waals surface area contributed by atoms with Crippen molar-refractivity contribution >= 4 is 22.4 Å². The van der Waals surface area contributed by atoms with Crippen LogP contribution in [0.25, 0.3) is 10.8 Å². The normalized spacial score (nSPS) is 19.6. The van der Waals surface area contributed by atoms with E-state index >= 15 is 0 Å². The van der Waals surface area contributed by atoms with Gasteiger partial charge in [0.05, 0.1) is 5.38 Å². The summed E-state index contributed by atoms with van der Waals surface area (Å²) in [6.07, 6.45) is 7.71. The molecule has 0 bridgehead atoms. The fourth-order valence-electron chi connectivity index (χ4n) is 3.69. The van der Waals surface area contributed by atoms with E-state index in [4.69, 9.17) is 11.6 Å². The average molecular weight is 271 g/mol. The van der Waals surface area contributed by atoms with Crippen LogP contribution in [0.4, 0.5) is 0 Å². The van der Waals surface area contributed by atoms with Crippen LogP contribution >= 0.6 is 11.6 Å². The van der Waals surface area contributed by atoms with Gasteiger partial charge in [-0.05, 0) is 52.6 Å². The van der Waals surface area contributed by atoms with E-state index < -0.39 is 0 Å². The van der Waals surface area contributed by atoms with Gasteiger partial charge >= 0.3 is 0 Å². The van der Waals surface area contributed by atoms with Crippen LogP contribution in [0.15, 0.2) is 30.3 Å². The predicted molar refractivity (Wildman–Crippen MR) is 81.9 cm³/mol. The van der Waals surface area contributed by atoms with Crippen molar-refractivity contribution in [2.45, 2.75) is 43.9 Å². The van der Waals surface area contributed by atoms with Gasteiger partial charge in [0.25, 0.3) is 0 Å².